The highest BCUT2D eigenvalue weighted by molar-refractivity contribution is 5.85. The lowest BCUT2D eigenvalue weighted by Gasteiger charge is -2.36. The molecule has 1 aromatic rings. The number of aliphatic imine (C=N–C) groups is 1. The molecule has 0 saturated heterocycles. The number of rotatable bonds is 3. The van der Waals surface area contributed by atoms with Crippen LogP contribution in [0.3, 0.4) is 0 Å². The normalized spacial score (nSPS) is 20.8. The van der Waals surface area contributed by atoms with E-state index in [9.17, 15) is 9.18 Å². The molecule has 0 fully saturated rings. The van der Waals surface area contributed by atoms with Gasteiger partial charge in [0.05, 0.1) is 18.8 Å². The molecule has 0 bridgehead atoms. The van der Waals surface area contributed by atoms with E-state index in [0.717, 1.165) is 0 Å². The quantitative estimate of drug-likeness (QED) is 0.626. The maximum Gasteiger partial charge on any atom is 0.217 e. The molecule has 3 N–H and O–H groups in total. The van der Waals surface area contributed by atoms with Crippen molar-refractivity contribution in [1.29, 1.82) is 5.26 Å². The minimum absolute atomic E-state index is 0. The molecular formula is C15H19Cl2FN5O+. The van der Waals surface area contributed by atoms with E-state index in [2.05, 4.69) is 10.3 Å². The molecule has 1 aliphatic heterocycles. The predicted octanol–water partition coefficient (Wildman–Crippen LogP) is 2.10. The van der Waals surface area contributed by atoms with Gasteiger partial charge in [0.2, 0.25) is 12.2 Å². The molecule has 2 atom stereocenters. The molecular weight excluding hydrogens is 356 g/mol. The summed E-state index contributed by atoms with van der Waals surface area (Å²) in [6.07, 6.45) is 3.06. The van der Waals surface area contributed by atoms with Crippen molar-refractivity contribution in [1.82, 2.24) is 5.32 Å². The second kappa shape index (κ2) is 7.73. The Morgan fingerprint density at radius 2 is 2.08 bits per heavy atom. The van der Waals surface area contributed by atoms with Crippen LogP contribution in [0.5, 0.6) is 0 Å². The maximum atomic E-state index is 14.0. The molecule has 2 rings (SSSR count). The molecule has 6 nitrogen and oxygen atoms in total. The highest BCUT2D eigenvalue weighted by Crippen LogP contribution is 2.35. The third kappa shape index (κ3) is 3.91. The van der Waals surface area contributed by atoms with E-state index in [1.54, 1.807) is 32.3 Å². The lowest BCUT2D eigenvalue weighted by atomic mass is 9.87. The summed E-state index contributed by atoms with van der Waals surface area (Å²) in [5, 5.41) is 11.6. The average molecular weight is 375 g/mol. The monoisotopic (exact) mass is 374 g/mol. The second-order valence-electron chi connectivity index (χ2n) is 5.54. The van der Waals surface area contributed by atoms with Crippen LogP contribution in [0.1, 0.15) is 25.0 Å². The Hall–Kier alpha value is -1.98. The Morgan fingerprint density at radius 1 is 1.46 bits per heavy atom. The number of amides is 1. The third-order valence-corrected chi connectivity index (χ3v) is 3.63. The first-order valence-electron chi connectivity index (χ1n) is 6.60. The van der Waals surface area contributed by atoms with Crippen molar-refractivity contribution < 1.29 is 13.8 Å². The zero-order valence-electron chi connectivity index (χ0n) is 13.4. The number of hydrogen-bond donors (Lipinski definition) is 2. The van der Waals surface area contributed by atoms with Gasteiger partial charge in [0, 0.05) is 6.92 Å². The molecule has 24 heavy (non-hydrogen) atoms. The van der Waals surface area contributed by atoms with Crippen molar-refractivity contribution >= 4 is 37.1 Å². The van der Waals surface area contributed by atoms with Crippen LogP contribution < -0.4 is 11.2 Å². The van der Waals surface area contributed by atoms with Crippen LogP contribution in [0.2, 0.25) is 0 Å². The first kappa shape index (κ1) is 22.0. The minimum Gasteiger partial charge on any atom is -0.338 e. The first-order valence-corrected chi connectivity index (χ1v) is 6.60. The summed E-state index contributed by atoms with van der Waals surface area (Å²) in [7, 11) is 1.70. The van der Waals surface area contributed by atoms with Crippen molar-refractivity contribution in [2.45, 2.75) is 19.4 Å². The number of nitriles is 1. The molecule has 0 radical (unpaired) electrons. The highest BCUT2D eigenvalue weighted by Gasteiger charge is 2.45. The second-order valence-corrected chi connectivity index (χ2v) is 5.54. The average Bonchev–Trinajstić information content (AvgIpc) is 2.78. The summed E-state index contributed by atoms with van der Waals surface area (Å²) in [6.45, 7) is 3.09. The Kier molecular flexibility index (Phi) is 7.09. The third-order valence-electron chi connectivity index (χ3n) is 3.63. The Morgan fingerprint density at radius 3 is 2.50 bits per heavy atom. The van der Waals surface area contributed by atoms with Crippen molar-refractivity contribution in [3.63, 3.8) is 0 Å². The van der Waals surface area contributed by atoms with Crippen LogP contribution in [-0.4, -0.2) is 23.9 Å². The van der Waals surface area contributed by atoms with Gasteiger partial charge < -0.3 is 5.32 Å². The van der Waals surface area contributed by atoms with Gasteiger partial charge in [-0.3, -0.25) is 4.79 Å². The molecule has 9 heteroatoms. The molecule has 2 unspecified atom stereocenters. The van der Waals surface area contributed by atoms with E-state index in [1.165, 1.54) is 25.4 Å². The summed E-state index contributed by atoms with van der Waals surface area (Å²) in [5.74, 6) is 5.20. The van der Waals surface area contributed by atoms with Gasteiger partial charge in [0.15, 0.2) is 5.70 Å². The van der Waals surface area contributed by atoms with Gasteiger partial charge >= 0.3 is 0 Å². The van der Waals surface area contributed by atoms with Gasteiger partial charge in [-0.25, -0.2) is 9.38 Å². The Labute approximate surface area is 152 Å². The number of benzene rings is 1. The molecule has 130 valence electrons. The summed E-state index contributed by atoms with van der Waals surface area (Å²) in [4.78, 5) is 15.7. The van der Waals surface area contributed by atoms with Gasteiger partial charge in [-0.1, -0.05) is 6.07 Å². The lowest BCUT2D eigenvalue weighted by molar-refractivity contribution is -0.788. The van der Waals surface area contributed by atoms with E-state index in [-0.39, 0.29) is 40.9 Å². The molecule has 1 aliphatic rings. The summed E-state index contributed by atoms with van der Waals surface area (Å²) in [6, 6.07) is 5.97. The standard InChI is InChI=1S/C15H16FN5O.2ClH/c1-10(22)20-15(2,14-8-19-9-21(14,3)18)12-5-4-11(7-17)13(16)6-12;;/h4-6,8-9H,18H2,1-3H3;2*1H/p+1. The van der Waals surface area contributed by atoms with E-state index in [1.807, 2.05) is 0 Å². The van der Waals surface area contributed by atoms with Crippen LogP contribution >= 0.6 is 24.8 Å². The van der Waals surface area contributed by atoms with Gasteiger partial charge in [0.25, 0.3) is 0 Å². The number of halogens is 3. The summed E-state index contributed by atoms with van der Waals surface area (Å²) < 4.78 is 13.8. The van der Waals surface area contributed by atoms with E-state index < -0.39 is 11.4 Å². The first-order chi connectivity index (χ1) is 10.2. The van der Waals surface area contributed by atoms with Crippen molar-refractivity contribution in [2.75, 3.05) is 7.05 Å². The number of carbonyl (C=O) groups excluding carboxylic acids is 1. The molecule has 0 spiro atoms. The number of hydrogen-bond acceptors (Lipinski definition) is 4. The van der Waals surface area contributed by atoms with Gasteiger partial charge in [-0.05, 0) is 24.6 Å². The lowest BCUT2D eigenvalue weighted by Crippen LogP contribution is -2.57. The zero-order valence-corrected chi connectivity index (χ0v) is 15.0. The number of nitrogens with zero attached hydrogens (tertiary/aromatic N) is 3. The van der Waals surface area contributed by atoms with E-state index >= 15 is 0 Å². The number of nitrogens with one attached hydrogen (secondary N) is 1. The highest BCUT2D eigenvalue weighted by atomic mass is 35.5. The van der Waals surface area contributed by atoms with E-state index in [4.69, 9.17) is 11.1 Å². The fraction of sp³-hybridized carbons (Fsp3) is 0.267. The number of likely N-dealkylation sites (N-methyl/N-ethyl adjacent to an activating group) is 1. The van der Waals surface area contributed by atoms with Crippen LogP contribution in [0.15, 0.2) is 35.1 Å². The van der Waals surface area contributed by atoms with Crippen molar-refractivity contribution in [3.05, 3.63) is 47.0 Å². The van der Waals surface area contributed by atoms with Crippen LogP contribution in [0, 0.1) is 17.1 Å². The topological polar surface area (TPSA) is 91.3 Å². The number of quaternary nitrogens is 1. The minimum atomic E-state index is -1.05. The SMILES string of the molecule is CC(=O)NC(C)(C1=CN=C[N+]1(C)N)c1ccc(C#N)c(F)c1.Cl.Cl. The van der Waals surface area contributed by atoms with Crippen LogP contribution in [0.25, 0.3) is 0 Å². The Balaban J connectivity index is 0.00000264. The fourth-order valence-electron chi connectivity index (χ4n) is 2.59. The molecule has 1 amide bonds. The zero-order chi connectivity index (χ0) is 16.5. The smallest absolute Gasteiger partial charge is 0.217 e. The summed E-state index contributed by atoms with van der Waals surface area (Å²) in [5.41, 5.74) is -0.0613. The molecule has 0 saturated carbocycles. The van der Waals surface area contributed by atoms with Crippen LogP contribution in [0.4, 0.5) is 4.39 Å². The van der Waals surface area contributed by atoms with Gasteiger partial charge in [-0.2, -0.15) is 15.7 Å². The molecule has 1 aromatic carbocycles. The molecule has 0 aliphatic carbocycles. The van der Waals surface area contributed by atoms with Crippen LogP contribution in [-0.2, 0) is 10.3 Å². The van der Waals surface area contributed by atoms with Crippen molar-refractivity contribution in [2.24, 2.45) is 10.8 Å². The fourth-order valence-corrected chi connectivity index (χ4v) is 2.59. The van der Waals surface area contributed by atoms with Gasteiger partial charge in [-0.15, -0.1) is 24.8 Å². The molecule has 0 aromatic heterocycles. The number of nitrogens with two attached hydrogens (primary N) is 1. The predicted molar refractivity (Wildman–Crippen MR) is 93.7 cm³/mol. The number of carbonyl (C=O) groups is 1. The largest absolute Gasteiger partial charge is 0.338 e. The Bertz CT molecular complexity index is 742. The maximum absolute atomic E-state index is 14.0. The molecule has 1 heterocycles. The van der Waals surface area contributed by atoms with E-state index in [0.29, 0.717) is 11.3 Å². The van der Waals surface area contributed by atoms with Gasteiger partial charge in [0.1, 0.15) is 17.4 Å². The van der Waals surface area contributed by atoms with Crippen molar-refractivity contribution in [3.8, 4) is 6.07 Å². The summed E-state index contributed by atoms with van der Waals surface area (Å²) >= 11 is 0.